The molecule has 0 aliphatic carbocycles. The van der Waals surface area contributed by atoms with Crippen LogP contribution in [0.15, 0.2) is 18.2 Å². The van der Waals surface area contributed by atoms with Crippen molar-refractivity contribution in [3.8, 4) is 6.07 Å². The highest BCUT2D eigenvalue weighted by molar-refractivity contribution is 5.96. The molecule has 0 fully saturated rings. The van der Waals surface area contributed by atoms with E-state index in [-0.39, 0.29) is 17.3 Å². The number of nitriles is 1. The van der Waals surface area contributed by atoms with Gasteiger partial charge in [-0.25, -0.2) is 0 Å². The molecule has 1 rings (SSSR count). The summed E-state index contributed by atoms with van der Waals surface area (Å²) in [6, 6.07) is 6.53. The highest BCUT2D eigenvalue weighted by atomic mass is 16.1. The smallest absolute Gasteiger partial charge is 0.221 e. The molecule has 0 bridgehead atoms. The summed E-state index contributed by atoms with van der Waals surface area (Å²) in [4.78, 5) is 21.9. The summed E-state index contributed by atoms with van der Waals surface area (Å²) in [5.41, 5.74) is 1.17. The molecule has 0 radical (unpaired) electrons. The van der Waals surface area contributed by atoms with Crippen LogP contribution in [0.5, 0.6) is 0 Å². The minimum atomic E-state index is -0.248. The predicted molar refractivity (Wildman–Crippen MR) is 55.5 cm³/mol. The van der Waals surface area contributed by atoms with Crippen LogP contribution in [0.3, 0.4) is 0 Å². The average molecular weight is 202 g/mol. The minimum Gasteiger partial charge on any atom is -0.325 e. The maximum Gasteiger partial charge on any atom is 0.221 e. The summed E-state index contributed by atoms with van der Waals surface area (Å²) in [6.45, 7) is 2.79. The lowest BCUT2D eigenvalue weighted by molar-refractivity contribution is -0.114. The third kappa shape index (κ3) is 2.64. The lowest BCUT2D eigenvalue weighted by Crippen LogP contribution is -2.08. The van der Waals surface area contributed by atoms with Gasteiger partial charge in [0.25, 0.3) is 0 Å². The number of anilines is 1. The van der Waals surface area contributed by atoms with Gasteiger partial charge in [-0.2, -0.15) is 5.26 Å². The normalized spacial score (nSPS) is 9.13. The van der Waals surface area contributed by atoms with Crippen molar-refractivity contribution in [1.82, 2.24) is 0 Å². The molecule has 0 heterocycles. The fourth-order valence-electron chi connectivity index (χ4n) is 1.15. The van der Waals surface area contributed by atoms with Crippen molar-refractivity contribution in [2.24, 2.45) is 0 Å². The molecule has 1 aromatic carbocycles. The van der Waals surface area contributed by atoms with E-state index in [1.807, 2.05) is 6.07 Å². The van der Waals surface area contributed by atoms with Gasteiger partial charge < -0.3 is 5.32 Å². The van der Waals surface area contributed by atoms with E-state index in [1.54, 1.807) is 12.1 Å². The quantitative estimate of drug-likeness (QED) is 0.742. The zero-order chi connectivity index (χ0) is 11.4. The maximum atomic E-state index is 11.1. The van der Waals surface area contributed by atoms with Gasteiger partial charge in [0.2, 0.25) is 5.91 Å². The number of carbonyl (C=O) groups excluding carboxylic acids is 2. The first-order valence-corrected chi connectivity index (χ1v) is 4.37. The second-order valence-electron chi connectivity index (χ2n) is 3.11. The fourth-order valence-corrected chi connectivity index (χ4v) is 1.15. The van der Waals surface area contributed by atoms with Crippen molar-refractivity contribution < 1.29 is 9.59 Å². The first-order valence-electron chi connectivity index (χ1n) is 4.37. The first-order chi connectivity index (χ1) is 7.04. The van der Waals surface area contributed by atoms with Gasteiger partial charge in [0, 0.05) is 12.5 Å². The summed E-state index contributed by atoms with van der Waals surface area (Å²) in [5.74, 6) is -0.358. The van der Waals surface area contributed by atoms with Crippen molar-refractivity contribution >= 4 is 17.4 Å². The van der Waals surface area contributed by atoms with Gasteiger partial charge in [-0.15, -0.1) is 0 Å². The molecular weight excluding hydrogens is 192 g/mol. The van der Waals surface area contributed by atoms with E-state index in [9.17, 15) is 9.59 Å². The molecule has 1 amide bonds. The number of amides is 1. The molecule has 4 nitrogen and oxygen atoms in total. The van der Waals surface area contributed by atoms with Crippen LogP contribution in [0.25, 0.3) is 0 Å². The van der Waals surface area contributed by atoms with E-state index >= 15 is 0 Å². The first kappa shape index (κ1) is 10.9. The van der Waals surface area contributed by atoms with E-state index in [0.29, 0.717) is 11.3 Å². The monoisotopic (exact) mass is 202 g/mol. The summed E-state index contributed by atoms with van der Waals surface area (Å²) in [7, 11) is 0. The van der Waals surface area contributed by atoms with Crippen molar-refractivity contribution in [3.63, 3.8) is 0 Å². The number of carbonyl (C=O) groups is 2. The van der Waals surface area contributed by atoms with E-state index in [4.69, 9.17) is 5.26 Å². The molecule has 0 saturated heterocycles. The van der Waals surface area contributed by atoms with Gasteiger partial charge in [0.05, 0.1) is 11.3 Å². The lowest BCUT2D eigenvalue weighted by Gasteiger charge is -2.05. The SMILES string of the molecule is CC(=O)Nc1ccc(C(C)=O)cc1C#N. The standard InChI is InChI=1S/C11H10N2O2/c1-7(14)9-3-4-11(13-8(2)15)10(5-9)6-12/h3-5H,1-2H3,(H,13,15). The van der Waals surface area contributed by atoms with Gasteiger partial charge >= 0.3 is 0 Å². The number of Topliss-reactive ketones (excluding diaryl/α,β-unsaturated/α-hetero) is 1. The molecular formula is C11H10N2O2. The molecule has 4 heteroatoms. The van der Waals surface area contributed by atoms with Crippen molar-refractivity contribution in [2.75, 3.05) is 5.32 Å². The topological polar surface area (TPSA) is 70.0 Å². The molecule has 0 aliphatic rings. The zero-order valence-corrected chi connectivity index (χ0v) is 8.50. The van der Waals surface area contributed by atoms with Crippen LogP contribution in [-0.2, 0) is 4.79 Å². The molecule has 0 aliphatic heterocycles. The Kier molecular flexibility index (Phi) is 3.19. The van der Waals surface area contributed by atoms with Crippen molar-refractivity contribution in [1.29, 1.82) is 5.26 Å². The van der Waals surface area contributed by atoms with E-state index < -0.39 is 0 Å². The molecule has 0 aromatic heterocycles. The van der Waals surface area contributed by atoms with Gasteiger partial charge in [0.15, 0.2) is 5.78 Å². The summed E-state index contributed by atoms with van der Waals surface area (Å²) >= 11 is 0. The van der Waals surface area contributed by atoms with Crippen molar-refractivity contribution in [2.45, 2.75) is 13.8 Å². The average Bonchev–Trinajstić information content (AvgIpc) is 2.17. The second kappa shape index (κ2) is 4.38. The summed E-state index contributed by atoms with van der Waals surface area (Å²) < 4.78 is 0. The Balaban J connectivity index is 3.16. The van der Waals surface area contributed by atoms with Crippen LogP contribution < -0.4 is 5.32 Å². The number of benzene rings is 1. The minimum absolute atomic E-state index is 0.110. The number of nitrogens with zero attached hydrogens (tertiary/aromatic N) is 1. The van der Waals surface area contributed by atoms with E-state index in [1.165, 1.54) is 19.9 Å². The van der Waals surface area contributed by atoms with E-state index in [0.717, 1.165) is 0 Å². The third-order valence-electron chi connectivity index (χ3n) is 1.86. The largest absolute Gasteiger partial charge is 0.325 e. The summed E-state index contributed by atoms with van der Waals surface area (Å²) in [5, 5.41) is 11.3. The highest BCUT2D eigenvalue weighted by Crippen LogP contribution is 2.16. The molecule has 0 saturated carbocycles. The van der Waals surface area contributed by atoms with Crippen LogP contribution in [0.1, 0.15) is 29.8 Å². The lowest BCUT2D eigenvalue weighted by atomic mass is 10.1. The Hall–Kier alpha value is -2.15. The summed E-state index contributed by atoms with van der Waals surface area (Å²) in [6.07, 6.45) is 0. The number of hydrogen-bond acceptors (Lipinski definition) is 3. The zero-order valence-electron chi connectivity index (χ0n) is 8.50. The van der Waals surface area contributed by atoms with Crippen LogP contribution in [-0.4, -0.2) is 11.7 Å². The molecule has 0 atom stereocenters. The van der Waals surface area contributed by atoms with E-state index in [2.05, 4.69) is 5.32 Å². The molecule has 0 spiro atoms. The second-order valence-corrected chi connectivity index (χ2v) is 3.11. The fraction of sp³-hybridized carbons (Fsp3) is 0.182. The Bertz CT molecular complexity index is 458. The van der Waals surface area contributed by atoms with Gasteiger partial charge in [0.1, 0.15) is 6.07 Å². The number of nitrogens with one attached hydrogen (secondary N) is 1. The molecule has 1 N–H and O–H groups in total. The maximum absolute atomic E-state index is 11.1. The van der Waals surface area contributed by atoms with Crippen molar-refractivity contribution in [3.05, 3.63) is 29.3 Å². The molecule has 0 unspecified atom stereocenters. The van der Waals surface area contributed by atoms with Gasteiger partial charge in [-0.1, -0.05) is 0 Å². The number of rotatable bonds is 2. The van der Waals surface area contributed by atoms with Gasteiger partial charge in [-0.05, 0) is 25.1 Å². The highest BCUT2D eigenvalue weighted by Gasteiger charge is 2.06. The van der Waals surface area contributed by atoms with Crippen LogP contribution in [0, 0.1) is 11.3 Å². The van der Waals surface area contributed by atoms with Crippen LogP contribution in [0.4, 0.5) is 5.69 Å². The van der Waals surface area contributed by atoms with Crippen LogP contribution >= 0.6 is 0 Å². The Morgan fingerprint density at radius 2 is 2.00 bits per heavy atom. The van der Waals surface area contributed by atoms with Gasteiger partial charge in [-0.3, -0.25) is 9.59 Å². The third-order valence-corrected chi connectivity index (χ3v) is 1.86. The Morgan fingerprint density at radius 3 is 2.47 bits per heavy atom. The van der Waals surface area contributed by atoms with Crippen LogP contribution in [0.2, 0.25) is 0 Å². The predicted octanol–water partition coefficient (Wildman–Crippen LogP) is 1.72. The number of hydrogen-bond donors (Lipinski definition) is 1. The molecule has 15 heavy (non-hydrogen) atoms. The number of ketones is 1. The molecule has 1 aromatic rings. The Morgan fingerprint density at radius 1 is 1.33 bits per heavy atom. The molecule has 76 valence electrons. The Labute approximate surface area is 87.5 Å².